The lowest BCUT2D eigenvalue weighted by Crippen LogP contribution is -2.53. The molecule has 2 atom stereocenters. The molecule has 1 heterocycles. The quantitative estimate of drug-likeness (QED) is 0.745. The molecule has 0 aromatic heterocycles. The summed E-state index contributed by atoms with van der Waals surface area (Å²) in [6.07, 6.45) is 4.71. The van der Waals surface area contributed by atoms with Crippen molar-refractivity contribution >= 4 is 10.2 Å². The number of hydrogen-bond donors (Lipinski definition) is 2. The van der Waals surface area contributed by atoms with Crippen molar-refractivity contribution in [2.45, 2.75) is 58.0 Å². The van der Waals surface area contributed by atoms with Gasteiger partial charge in [0.15, 0.2) is 0 Å². The van der Waals surface area contributed by atoms with Crippen LogP contribution in [-0.2, 0) is 10.2 Å². The predicted molar refractivity (Wildman–Crippen MR) is 69.8 cm³/mol. The van der Waals surface area contributed by atoms with Gasteiger partial charge in [0, 0.05) is 25.2 Å². The second-order valence-corrected chi connectivity index (χ2v) is 6.46. The van der Waals surface area contributed by atoms with Crippen LogP contribution in [-0.4, -0.2) is 37.9 Å². The Labute approximate surface area is 105 Å². The van der Waals surface area contributed by atoms with E-state index in [0.717, 1.165) is 32.1 Å². The van der Waals surface area contributed by atoms with Gasteiger partial charge in [0.25, 0.3) is 10.2 Å². The molecule has 5 nitrogen and oxygen atoms in total. The lowest BCUT2D eigenvalue weighted by atomic mass is 10.1. The monoisotopic (exact) mass is 263 g/mol. The highest BCUT2D eigenvalue weighted by Crippen LogP contribution is 2.19. The highest BCUT2D eigenvalue weighted by Gasteiger charge is 2.31. The second-order valence-electron chi connectivity index (χ2n) is 4.81. The Kier molecular flexibility index (Phi) is 5.85. The molecule has 1 aliphatic heterocycles. The Morgan fingerprint density at radius 3 is 2.76 bits per heavy atom. The smallest absolute Gasteiger partial charge is 0.279 e. The molecule has 102 valence electrons. The largest absolute Gasteiger partial charge is 0.329 e. The molecule has 17 heavy (non-hydrogen) atoms. The molecule has 0 aromatic rings. The summed E-state index contributed by atoms with van der Waals surface area (Å²) in [6, 6.07) is -0.0413. The summed E-state index contributed by atoms with van der Waals surface area (Å²) in [5.74, 6) is 0. The minimum atomic E-state index is -3.36. The van der Waals surface area contributed by atoms with Crippen LogP contribution in [0, 0.1) is 0 Å². The van der Waals surface area contributed by atoms with Crippen LogP contribution in [0.3, 0.4) is 0 Å². The molecule has 0 bridgehead atoms. The molecule has 0 aromatic carbocycles. The second kappa shape index (κ2) is 6.68. The van der Waals surface area contributed by atoms with Gasteiger partial charge >= 0.3 is 0 Å². The third-order valence-corrected chi connectivity index (χ3v) is 5.02. The van der Waals surface area contributed by atoms with E-state index in [4.69, 9.17) is 5.73 Å². The first kappa shape index (κ1) is 14.9. The van der Waals surface area contributed by atoms with Crippen molar-refractivity contribution in [2.75, 3.05) is 13.1 Å². The van der Waals surface area contributed by atoms with Gasteiger partial charge in [0.2, 0.25) is 0 Å². The normalized spacial score (nSPS) is 24.8. The molecule has 0 radical (unpaired) electrons. The van der Waals surface area contributed by atoms with E-state index < -0.39 is 10.2 Å². The van der Waals surface area contributed by atoms with E-state index >= 15 is 0 Å². The minimum absolute atomic E-state index is 0.00893. The van der Waals surface area contributed by atoms with Crippen molar-refractivity contribution < 1.29 is 8.42 Å². The van der Waals surface area contributed by atoms with Crippen molar-refractivity contribution in [1.29, 1.82) is 0 Å². The molecule has 0 saturated carbocycles. The van der Waals surface area contributed by atoms with E-state index in [2.05, 4.69) is 4.72 Å². The van der Waals surface area contributed by atoms with E-state index in [9.17, 15) is 8.42 Å². The number of hydrogen-bond acceptors (Lipinski definition) is 3. The van der Waals surface area contributed by atoms with Crippen LogP contribution in [0.1, 0.15) is 46.0 Å². The van der Waals surface area contributed by atoms with Gasteiger partial charge in [-0.05, 0) is 26.2 Å². The van der Waals surface area contributed by atoms with Gasteiger partial charge < -0.3 is 5.73 Å². The summed E-state index contributed by atoms with van der Waals surface area (Å²) in [7, 11) is -3.36. The average molecular weight is 263 g/mol. The van der Waals surface area contributed by atoms with Gasteiger partial charge in [0.05, 0.1) is 0 Å². The van der Waals surface area contributed by atoms with E-state index in [0.29, 0.717) is 13.1 Å². The molecule has 1 rings (SSSR count). The van der Waals surface area contributed by atoms with Crippen LogP contribution in [0.25, 0.3) is 0 Å². The maximum atomic E-state index is 12.2. The topological polar surface area (TPSA) is 75.4 Å². The standard InChI is InChI=1S/C11H25N3O2S/c1-3-6-10(2)13-17(15,16)14-8-5-4-7-11(14)9-12/h10-11,13H,3-9,12H2,1-2H3. The number of rotatable bonds is 6. The highest BCUT2D eigenvalue weighted by molar-refractivity contribution is 7.87. The first-order valence-electron chi connectivity index (χ1n) is 6.50. The fourth-order valence-electron chi connectivity index (χ4n) is 2.34. The summed E-state index contributed by atoms with van der Waals surface area (Å²) >= 11 is 0. The minimum Gasteiger partial charge on any atom is -0.329 e. The van der Waals surface area contributed by atoms with Crippen LogP contribution < -0.4 is 10.5 Å². The fourth-order valence-corrected chi connectivity index (χ4v) is 4.06. The molecule has 2 unspecified atom stereocenters. The summed E-state index contributed by atoms with van der Waals surface area (Å²) in [6.45, 7) is 4.95. The zero-order valence-corrected chi connectivity index (χ0v) is 11.7. The Morgan fingerprint density at radius 1 is 1.47 bits per heavy atom. The Balaban J connectivity index is 2.67. The molecule has 0 spiro atoms. The molecule has 0 aliphatic carbocycles. The summed E-state index contributed by atoms with van der Waals surface area (Å²) in [5, 5.41) is 0. The summed E-state index contributed by atoms with van der Waals surface area (Å²) in [5.41, 5.74) is 5.65. The van der Waals surface area contributed by atoms with Gasteiger partial charge in [-0.15, -0.1) is 0 Å². The first-order valence-corrected chi connectivity index (χ1v) is 7.94. The van der Waals surface area contributed by atoms with Crippen molar-refractivity contribution in [2.24, 2.45) is 5.73 Å². The Morgan fingerprint density at radius 2 is 2.18 bits per heavy atom. The van der Waals surface area contributed by atoms with Crippen molar-refractivity contribution in [3.05, 3.63) is 0 Å². The average Bonchev–Trinajstić information content (AvgIpc) is 2.28. The molecule has 0 amide bonds. The van der Waals surface area contributed by atoms with E-state index in [1.165, 1.54) is 0 Å². The van der Waals surface area contributed by atoms with Crippen molar-refractivity contribution in [3.8, 4) is 0 Å². The predicted octanol–water partition coefficient (Wildman–Crippen LogP) is 0.823. The number of nitrogens with zero attached hydrogens (tertiary/aromatic N) is 1. The molecular formula is C11H25N3O2S. The number of nitrogens with one attached hydrogen (secondary N) is 1. The van der Waals surface area contributed by atoms with Gasteiger partial charge in [-0.2, -0.15) is 17.4 Å². The van der Waals surface area contributed by atoms with E-state index in [-0.39, 0.29) is 12.1 Å². The maximum Gasteiger partial charge on any atom is 0.279 e. The fraction of sp³-hybridized carbons (Fsp3) is 1.00. The highest BCUT2D eigenvalue weighted by atomic mass is 32.2. The summed E-state index contributed by atoms with van der Waals surface area (Å²) in [4.78, 5) is 0. The third kappa shape index (κ3) is 4.21. The Bertz CT molecular complexity index is 319. The molecule has 1 fully saturated rings. The molecule has 1 saturated heterocycles. The zero-order valence-electron chi connectivity index (χ0n) is 10.9. The van der Waals surface area contributed by atoms with E-state index in [1.807, 2.05) is 13.8 Å². The van der Waals surface area contributed by atoms with Gasteiger partial charge in [-0.3, -0.25) is 0 Å². The third-order valence-electron chi connectivity index (χ3n) is 3.23. The van der Waals surface area contributed by atoms with Crippen LogP contribution in [0.5, 0.6) is 0 Å². The van der Waals surface area contributed by atoms with E-state index in [1.54, 1.807) is 4.31 Å². The number of nitrogens with two attached hydrogens (primary N) is 1. The number of piperidine rings is 1. The molecule has 6 heteroatoms. The van der Waals surface area contributed by atoms with Crippen LogP contribution in [0.15, 0.2) is 0 Å². The Hall–Kier alpha value is -0.170. The molecule has 1 aliphatic rings. The van der Waals surface area contributed by atoms with Crippen LogP contribution in [0.2, 0.25) is 0 Å². The summed E-state index contributed by atoms with van der Waals surface area (Å²) < 4.78 is 28.7. The lowest BCUT2D eigenvalue weighted by Gasteiger charge is -2.34. The van der Waals surface area contributed by atoms with Crippen molar-refractivity contribution in [3.63, 3.8) is 0 Å². The van der Waals surface area contributed by atoms with Gasteiger partial charge in [0.1, 0.15) is 0 Å². The van der Waals surface area contributed by atoms with Gasteiger partial charge in [-0.1, -0.05) is 19.8 Å². The van der Waals surface area contributed by atoms with Gasteiger partial charge in [-0.25, -0.2) is 0 Å². The molecule has 3 N–H and O–H groups in total. The zero-order chi connectivity index (χ0) is 12.9. The van der Waals surface area contributed by atoms with Crippen LogP contribution in [0.4, 0.5) is 0 Å². The SMILES string of the molecule is CCCC(C)NS(=O)(=O)N1CCCCC1CN. The van der Waals surface area contributed by atoms with Crippen LogP contribution >= 0.6 is 0 Å². The lowest BCUT2D eigenvalue weighted by molar-refractivity contribution is 0.253. The molecular weight excluding hydrogens is 238 g/mol. The van der Waals surface area contributed by atoms with Crippen molar-refractivity contribution in [1.82, 2.24) is 9.03 Å². The maximum absolute atomic E-state index is 12.2. The first-order chi connectivity index (χ1) is 8.01.